The van der Waals surface area contributed by atoms with Crippen LogP contribution in [0.1, 0.15) is 30.6 Å². The fourth-order valence-electron chi connectivity index (χ4n) is 1.75. The highest BCUT2D eigenvalue weighted by molar-refractivity contribution is 5.97. The van der Waals surface area contributed by atoms with Gasteiger partial charge in [0, 0.05) is 12.1 Å². The highest BCUT2D eigenvalue weighted by atomic mass is 19.3. The molecule has 2 amide bonds. The number of ether oxygens (including phenoxy) is 2. The van der Waals surface area contributed by atoms with Gasteiger partial charge >= 0.3 is 6.61 Å². The van der Waals surface area contributed by atoms with E-state index in [0.717, 1.165) is 6.42 Å². The van der Waals surface area contributed by atoms with E-state index in [9.17, 15) is 18.4 Å². The maximum Gasteiger partial charge on any atom is 0.387 e. The van der Waals surface area contributed by atoms with Crippen molar-refractivity contribution in [2.45, 2.75) is 32.9 Å². The number of halogens is 2. The van der Waals surface area contributed by atoms with Crippen LogP contribution in [-0.2, 0) is 4.79 Å². The summed E-state index contributed by atoms with van der Waals surface area (Å²) in [5.41, 5.74) is 0.165. The molecule has 0 aliphatic rings. The van der Waals surface area contributed by atoms with Gasteiger partial charge in [-0.3, -0.25) is 9.59 Å². The van der Waals surface area contributed by atoms with Crippen molar-refractivity contribution in [1.82, 2.24) is 10.6 Å². The average Bonchev–Trinajstić information content (AvgIpc) is 2.52. The predicted molar refractivity (Wildman–Crippen MR) is 79.9 cm³/mol. The number of nitrogens with one attached hydrogen (secondary N) is 2. The minimum absolute atomic E-state index is 0.000961. The van der Waals surface area contributed by atoms with Crippen molar-refractivity contribution >= 4 is 11.8 Å². The fourth-order valence-corrected chi connectivity index (χ4v) is 1.75. The van der Waals surface area contributed by atoms with E-state index < -0.39 is 18.6 Å². The summed E-state index contributed by atoms with van der Waals surface area (Å²) in [5.74, 6) is -0.996. The van der Waals surface area contributed by atoms with Gasteiger partial charge in [-0.05, 0) is 31.5 Å². The van der Waals surface area contributed by atoms with Gasteiger partial charge in [0.15, 0.2) is 11.5 Å². The van der Waals surface area contributed by atoms with Crippen molar-refractivity contribution < 1.29 is 27.8 Å². The molecule has 2 N–H and O–H groups in total. The molecule has 6 nitrogen and oxygen atoms in total. The van der Waals surface area contributed by atoms with Gasteiger partial charge < -0.3 is 20.1 Å². The number of carbonyl (C=O) groups is 2. The lowest BCUT2D eigenvalue weighted by Crippen LogP contribution is -2.45. The van der Waals surface area contributed by atoms with Gasteiger partial charge in [0.2, 0.25) is 5.91 Å². The van der Waals surface area contributed by atoms with Crippen molar-refractivity contribution in [2.24, 2.45) is 0 Å². The Morgan fingerprint density at radius 1 is 1.26 bits per heavy atom. The Balaban J connectivity index is 2.78. The second-order valence-corrected chi connectivity index (χ2v) is 4.73. The Labute approximate surface area is 133 Å². The Bertz CT molecular complexity index is 552. The zero-order chi connectivity index (χ0) is 17.4. The van der Waals surface area contributed by atoms with E-state index in [1.807, 2.05) is 6.92 Å². The van der Waals surface area contributed by atoms with E-state index in [1.165, 1.54) is 25.3 Å². The van der Waals surface area contributed by atoms with E-state index in [1.54, 1.807) is 6.92 Å². The standard InChI is InChI=1S/C15H20F2N2O4/c1-4-7-18-13(20)9(2)19-14(21)10-5-6-11(23-15(16)17)12(8-10)22-3/h5-6,8-9,15H,4,7H2,1-3H3,(H,18,20)(H,19,21)/t9-/m0/s1. The average molecular weight is 330 g/mol. The van der Waals surface area contributed by atoms with E-state index in [-0.39, 0.29) is 23.0 Å². The van der Waals surface area contributed by atoms with Crippen LogP contribution in [0.25, 0.3) is 0 Å². The van der Waals surface area contributed by atoms with E-state index in [0.29, 0.717) is 6.54 Å². The lowest BCUT2D eigenvalue weighted by atomic mass is 10.1. The van der Waals surface area contributed by atoms with Crippen molar-refractivity contribution in [2.75, 3.05) is 13.7 Å². The van der Waals surface area contributed by atoms with E-state index in [4.69, 9.17) is 4.74 Å². The summed E-state index contributed by atoms with van der Waals surface area (Å²) in [4.78, 5) is 23.8. The number of alkyl halides is 2. The summed E-state index contributed by atoms with van der Waals surface area (Å²) in [6.45, 7) is 0.991. The fraction of sp³-hybridized carbons (Fsp3) is 0.467. The third-order valence-corrected chi connectivity index (χ3v) is 2.93. The van der Waals surface area contributed by atoms with Crippen LogP contribution in [-0.4, -0.2) is 38.1 Å². The SMILES string of the molecule is CCCNC(=O)[C@H](C)NC(=O)c1ccc(OC(F)F)c(OC)c1. The zero-order valence-electron chi connectivity index (χ0n) is 13.2. The van der Waals surface area contributed by atoms with Gasteiger partial charge in [-0.15, -0.1) is 0 Å². The van der Waals surface area contributed by atoms with Crippen LogP contribution >= 0.6 is 0 Å². The molecule has 0 heterocycles. The van der Waals surface area contributed by atoms with Crippen molar-refractivity contribution in [3.8, 4) is 11.5 Å². The van der Waals surface area contributed by atoms with Crippen LogP contribution in [0.3, 0.4) is 0 Å². The summed E-state index contributed by atoms with van der Waals surface area (Å²) in [6, 6.07) is 3.06. The first kappa shape index (κ1) is 18.7. The number of benzene rings is 1. The maximum absolute atomic E-state index is 12.3. The maximum atomic E-state index is 12.3. The number of rotatable bonds is 8. The van der Waals surface area contributed by atoms with Gasteiger partial charge in [-0.2, -0.15) is 8.78 Å². The van der Waals surface area contributed by atoms with Gasteiger partial charge in [-0.1, -0.05) is 6.92 Å². The number of carbonyl (C=O) groups excluding carboxylic acids is 2. The molecular weight excluding hydrogens is 310 g/mol. The molecule has 0 aromatic heterocycles. The first-order chi connectivity index (χ1) is 10.9. The third kappa shape index (κ3) is 5.72. The highest BCUT2D eigenvalue weighted by Crippen LogP contribution is 2.29. The molecular formula is C15H20F2N2O4. The molecule has 0 radical (unpaired) electrons. The molecule has 1 aromatic rings. The van der Waals surface area contributed by atoms with Gasteiger partial charge in [-0.25, -0.2) is 0 Å². The van der Waals surface area contributed by atoms with Crippen LogP contribution in [0.15, 0.2) is 18.2 Å². The molecule has 1 aromatic carbocycles. The molecule has 23 heavy (non-hydrogen) atoms. The monoisotopic (exact) mass is 330 g/mol. The Morgan fingerprint density at radius 3 is 2.52 bits per heavy atom. The number of methoxy groups -OCH3 is 1. The largest absolute Gasteiger partial charge is 0.493 e. The summed E-state index contributed by atoms with van der Waals surface area (Å²) in [7, 11) is 1.27. The van der Waals surface area contributed by atoms with Gasteiger partial charge in [0.05, 0.1) is 7.11 Å². The lowest BCUT2D eigenvalue weighted by molar-refractivity contribution is -0.122. The quantitative estimate of drug-likeness (QED) is 0.764. The van der Waals surface area contributed by atoms with E-state index in [2.05, 4.69) is 15.4 Å². The molecule has 0 aliphatic heterocycles. The molecule has 0 unspecified atom stereocenters. The Kier molecular flexibility index (Phi) is 7.24. The van der Waals surface area contributed by atoms with Crippen molar-refractivity contribution in [3.63, 3.8) is 0 Å². The molecule has 0 saturated heterocycles. The number of hydrogen-bond donors (Lipinski definition) is 2. The minimum Gasteiger partial charge on any atom is -0.493 e. The minimum atomic E-state index is -2.99. The van der Waals surface area contributed by atoms with Gasteiger partial charge in [0.25, 0.3) is 5.91 Å². The van der Waals surface area contributed by atoms with Crippen LogP contribution in [0.5, 0.6) is 11.5 Å². The van der Waals surface area contributed by atoms with Crippen molar-refractivity contribution in [1.29, 1.82) is 0 Å². The summed E-state index contributed by atoms with van der Waals surface area (Å²) in [5, 5.41) is 5.18. The topological polar surface area (TPSA) is 76.7 Å². The predicted octanol–water partition coefficient (Wildman–Crippen LogP) is 1.94. The second kappa shape index (κ2) is 8.92. The molecule has 0 fully saturated rings. The molecule has 0 bridgehead atoms. The summed E-state index contributed by atoms with van der Waals surface area (Å²) in [6.07, 6.45) is 0.787. The van der Waals surface area contributed by atoms with Gasteiger partial charge in [0.1, 0.15) is 6.04 Å². The third-order valence-electron chi connectivity index (χ3n) is 2.93. The Morgan fingerprint density at radius 2 is 1.96 bits per heavy atom. The van der Waals surface area contributed by atoms with Crippen LogP contribution in [0.2, 0.25) is 0 Å². The Hall–Kier alpha value is -2.38. The highest BCUT2D eigenvalue weighted by Gasteiger charge is 2.18. The number of hydrogen-bond acceptors (Lipinski definition) is 4. The van der Waals surface area contributed by atoms with Crippen LogP contribution < -0.4 is 20.1 Å². The van der Waals surface area contributed by atoms with E-state index >= 15 is 0 Å². The first-order valence-corrected chi connectivity index (χ1v) is 7.10. The molecule has 128 valence electrons. The van der Waals surface area contributed by atoms with Crippen LogP contribution in [0.4, 0.5) is 8.78 Å². The van der Waals surface area contributed by atoms with Crippen molar-refractivity contribution in [3.05, 3.63) is 23.8 Å². The molecule has 0 aliphatic carbocycles. The smallest absolute Gasteiger partial charge is 0.387 e. The van der Waals surface area contributed by atoms with Crippen LogP contribution in [0, 0.1) is 0 Å². The molecule has 1 atom stereocenters. The molecule has 0 spiro atoms. The number of amides is 2. The second-order valence-electron chi connectivity index (χ2n) is 4.73. The summed E-state index contributed by atoms with van der Waals surface area (Å²) >= 11 is 0. The summed E-state index contributed by atoms with van der Waals surface area (Å²) < 4.78 is 33.7. The first-order valence-electron chi connectivity index (χ1n) is 7.10. The lowest BCUT2D eigenvalue weighted by Gasteiger charge is -2.15. The molecule has 0 saturated carbocycles. The molecule has 8 heteroatoms. The zero-order valence-corrected chi connectivity index (χ0v) is 13.2. The normalized spacial score (nSPS) is 11.7. The molecule has 1 rings (SSSR count).